The minimum absolute atomic E-state index is 0.0332. The smallest absolute Gasteiger partial charge is 0.252 e. The standard InChI is InChI=1S/C25H33FN8O2/c26-19-14-18(22(28)35)23(32-24(19)31-21-4-2-1-3-20(21)27)30-17-13-16-5-6-34(25(16)29-15-17)8-7-33-9-11-36-12-10-33/h5-6,13-15,20-21H,1-4,7-12,27H2,(H2,28,35)(H2,30,31,32)/t20-,21+/m0/s1. The topological polar surface area (TPSA) is 136 Å². The molecule has 5 rings (SSSR count). The van der Waals surface area contributed by atoms with Gasteiger partial charge in [0.25, 0.3) is 5.91 Å². The molecule has 1 saturated carbocycles. The Labute approximate surface area is 209 Å². The van der Waals surface area contributed by atoms with Crippen molar-refractivity contribution in [2.45, 2.75) is 44.3 Å². The maximum absolute atomic E-state index is 14.8. The highest BCUT2D eigenvalue weighted by Gasteiger charge is 2.24. The van der Waals surface area contributed by atoms with Crippen LogP contribution in [-0.4, -0.2) is 70.3 Å². The molecule has 10 nitrogen and oxygen atoms in total. The molecule has 192 valence electrons. The Kier molecular flexibility index (Phi) is 7.30. The van der Waals surface area contributed by atoms with Crippen molar-refractivity contribution in [3.05, 3.63) is 42.0 Å². The molecule has 3 aromatic heterocycles. The van der Waals surface area contributed by atoms with Crippen molar-refractivity contribution in [3.63, 3.8) is 0 Å². The van der Waals surface area contributed by atoms with Crippen LogP contribution in [0.1, 0.15) is 36.0 Å². The van der Waals surface area contributed by atoms with Crippen molar-refractivity contribution in [2.75, 3.05) is 43.5 Å². The van der Waals surface area contributed by atoms with Crippen LogP contribution in [0.3, 0.4) is 0 Å². The van der Waals surface area contributed by atoms with E-state index in [0.717, 1.165) is 82.2 Å². The summed E-state index contributed by atoms with van der Waals surface area (Å²) in [5.41, 5.74) is 13.2. The van der Waals surface area contributed by atoms with Gasteiger partial charge < -0.3 is 31.4 Å². The second-order valence-electron chi connectivity index (χ2n) is 9.50. The number of carbonyl (C=O) groups is 1. The fourth-order valence-electron chi connectivity index (χ4n) is 4.93. The Balaban J connectivity index is 1.35. The lowest BCUT2D eigenvalue weighted by atomic mass is 9.91. The molecule has 1 saturated heterocycles. The van der Waals surface area contributed by atoms with Crippen LogP contribution in [0.25, 0.3) is 11.0 Å². The molecule has 0 aromatic carbocycles. The van der Waals surface area contributed by atoms with Gasteiger partial charge in [0.2, 0.25) is 0 Å². The number of morpholine rings is 1. The number of anilines is 3. The third-order valence-corrected chi connectivity index (χ3v) is 7.01. The Morgan fingerprint density at radius 2 is 1.97 bits per heavy atom. The normalized spacial score (nSPS) is 20.9. The number of primary amides is 1. The van der Waals surface area contributed by atoms with Gasteiger partial charge in [-0.15, -0.1) is 0 Å². The fraction of sp³-hybridized carbons (Fsp3) is 0.480. The monoisotopic (exact) mass is 496 g/mol. The number of nitrogens with zero attached hydrogens (tertiary/aromatic N) is 4. The predicted molar refractivity (Wildman–Crippen MR) is 137 cm³/mol. The Hall–Kier alpha value is -3.28. The van der Waals surface area contributed by atoms with Crippen LogP contribution in [0.2, 0.25) is 0 Å². The first-order chi connectivity index (χ1) is 17.5. The van der Waals surface area contributed by atoms with Crippen LogP contribution in [0, 0.1) is 5.82 Å². The average molecular weight is 497 g/mol. The molecule has 0 bridgehead atoms. The van der Waals surface area contributed by atoms with Gasteiger partial charge in [-0.3, -0.25) is 9.69 Å². The SMILES string of the molecule is NC(=O)c1cc(F)c(N[C@@H]2CCCC[C@@H]2N)nc1Nc1cnc2c(ccn2CCN2CCOCC2)c1. The first-order valence-corrected chi connectivity index (χ1v) is 12.5. The van der Waals surface area contributed by atoms with Crippen LogP contribution >= 0.6 is 0 Å². The average Bonchev–Trinajstić information content (AvgIpc) is 3.28. The summed E-state index contributed by atoms with van der Waals surface area (Å²) < 4.78 is 22.3. The van der Waals surface area contributed by atoms with Crippen LogP contribution in [0.5, 0.6) is 0 Å². The summed E-state index contributed by atoms with van der Waals surface area (Å²) in [6.45, 7) is 5.18. The zero-order chi connectivity index (χ0) is 25.1. The first-order valence-electron chi connectivity index (χ1n) is 12.5. The lowest BCUT2D eigenvalue weighted by Gasteiger charge is -2.30. The van der Waals surface area contributed by atoms with E-state index in [4.69, 9.17) is 16.2 Å². The molecule has 1 aliphatic carbocycles. The number of pyridine rings is 2. The van der Waals surface area contributed by atoms with E-state index in [0.29, 0.717) is 5.69 Å². The van der Waals surface area contributed by atoms with Crippen molar-refractivity contribution in [3.8, 4) is 0 Å². The molecule has 0 unspecified atom stereocenters. The maximum atomic E-state index is 14.8. The Morgan fingerprint density at radius 1 is 1.17 bits per heavy atom. The van der Waals surface area contributed by atoms with E-state index >= 15 is 0 Å². The van der Waals surface area contributed by atoms with Gasteiger partial charge in [0, 0.05) is 49.8 Å². The van der Waals surface area contributed by atoms with Crippen molar-refractivity contribution in [1.29, 1.82) is 0 Å². The van der Waals surface area contributed by atoms with Crippen LogP contribution in [0.15, 0.2) is 30.6 Å². The molecule has 6 N–H and O–H groups in total. The molecule has 0 spiro atoms. The van der Waals surface area contributed by atoms with Crippen molar-refractivity contribution in [2.24, 2.45) is 11.5 Å². The van der Waals surface area contributed by atoms with Gasteiger partial charge in [-0.05, 0) is 31.0 Å². The molecular formula is C25H33FN8O2. The number of aromatic nitrogens is 3. The lowest BCUT2D eigenvalue weighted by Crippen LogP contribution is -2.43. The maximum Gasteiger partial charge on any atom is 0.252 e. The Bertz CT molecular complexity index is 1230. The second-order valence-corrected chi connectivity index (χ2v) is 9.50. The lowest BCUT2D eigenvalue weighted by molar-refractivity contribution is 0.0365. The molecule has 36 heavy (non-hydrogen) atoms. The molecule has 1 amide bonds. The molecule has 4 heterocycles. The molecular weight excluding hydrogens is 463 g/mol. The molecule has 2 fully saturated rings. The van der Waals surface area contributed by atoms with E-state index in [1.165, 1.54) is 0 Å². The van der Waals surface area contributed by atoms with Crippen LogP contribution < -0.4 is 22.1 Å². The first kappa shape index (κ1) is 24.4. The number of rotatable bonds is 8. The molecule has 1 aliphatic heterocycles. The highest BCUT2D eigenvalue weighted by Crippen LogP contribution is 2.27. The van der Waals surface area contributed by atoms with E-state index in [-0.39, 0.29) is 29.3 Å². The van der Waals surface area contributed by atoms with Gasteiger partial charge in [0.1, 0.15) is 11.5 Å². The number of halogens is 1. The van der Waals surface area contributed by atoms with Gasteiger partial charge in [-0.1, -0.05) is 12.8 Å². The summed E-state index contributed by atoms with van der Waals surface area (Å²) in [5, 5.41) is 7.18. The Morgan fingerprint density at radius 3 is 2.75 bits per heavy atom. The highest BCUT2D eigenvalue weighted by atomic mass is 19.1. The molecule has 3 aromatic rings. The second kappa shape index (κ2) is 10.8. The third kappa shape index (κ3) is 5.43. The largest absolute Gasteiger partial charge is 0.379 e. The van der Waals surface area contributed by atoms with Gasteiger partial charge in [-0.2, -0.15) is 0 Å². The van der Waals surface area contributed by atoms with Crippen LogP contribution in [0.4, 0.5) is 21.7 Å². The number of nitrogens with two attached hydrogens (primary N) is 2. The van der Waals surface area contributed by atoms with Gasteiger partial charge in [-0.25, -0.2) is 14.4 Å². The predicted octanol–water partition coefficient (Wildman–Crippen LogP) is 2.43. The van der Waals surface area contributed by atoms with E-state index in [9.17, 15) is 9.18 Å². The number of carbonyl (C=O) groups excluding carboxylic acids is 1. The molecule has 2 atom stereocenters. The molecule has 0 radical (unpaired) electrons. The van der Waals surface area contributed by atoms with Crippen molar-refractivity contribution >= 4 is 34.3 Å². The summed E-state index contributed by atoms with van der Waals surface area (Å²) in [6, 6.07) is 4.88. The summed E-state index contributed by atoms with van der Waals surface area (Å²) in [6.07, 6.45) is 7.49. The van der Waals surface area contributed by atoms with Gasteiger partial charge >= 0.3 is 0 Å². The highest BCUT2D eigenvalue weighted by molar-refractivity contribution is 5.98. The summed E-state index contributed by atoms with van der Waals surface area (Å²) in [4.78, 5) is 23.4. The van der Waals surface area contributed by atoms with E-state index in [1.807, 2.05) is 18.3 Å². The van der Waals surface area contributed by atoms with Crippen molar-refractivity contribution in [1.82, 2.24) is 19.4 Å². The van der Waals surface area contributed by atoms with E-state index < -0.39 is 11.7 Å². The molecule has 2 aliphatic rings. The minimum atomic E-state index is -0.770. The fourth-order valence-corrected chi connectivity index (χ4v) is 4.93. The molecule has 11 heteroatoms. The quantitative estimate of drug-likeness (QED) is 0.373. The third-order valence-electron chi connectivity index (χ3n) is 7.01. The number of nitrogens with one attached hydrogen (secondary N) is 2. The number of hydrogen-bond acceptors (Lipinski definition) is 8. The number of hydrogen-bond donors (Lipinski definition) is 4. The number of amides is 1. The van der Waals surface area contributed by atoms with Crippen LogP contribution in [-0.2, 0) is 11.3 Å². The summed E-state index contributed by atoms with van der Waals surface area (Å²) in [5.74, 6) is -1.19. The minimum Gasteiger partial charge on any atom is -0.379 e. The zero-order valence-corrected chi connectivity index (χ0v) is 20.3. The summed E-state index contributed by atoms with van der Waals surface area (Å²) in [7, 11) is 0. The summed E-state index contributed by atoms with van der Waals surface area (Å²) >= 11 is 0. The number of fused-ring (bicyclic) bond motifs is 1. The van der Waals surface area contributed by atoms with E-state index in [1.54, 1.807) is 6.20 Å². The zero-order valence-electron chi connectivity index (χ0n) is 20.3. The number of ether oxygens (including phenoxy) is 1. The van der Waals surface area contributed by atoms with Gasteiger partial charge in [0.15, 0.2) is 11.6 Å². The van der Waals surface area contributed by atoms with E-state index in [2.05, 4.69) is 30.1 Å². The van der Waals surface area contributed by atoms with Gasteiger partial charge in [0.05, 0.1) is 30.7 Å². The van der Waals surface area contributed by atoms with Crippen molar-refractivity contribution < 1.29 is 13.9 Å².